The largest absolute Gasteiger partial charge is 0.490 e. The van der Waals surface area contributed by atoms with Gasteiger partial charge in [-0.15, -0.1) is 0 Å². The van der Waals surface area contributed by atoms with Crippen LogP contribution in [0.2, 0.25) is 0 Å². The third-order valence-electron chi connectivity index (χ3n) is 2.86. The lowest BCUT2D eigenvalue weighted by Crippen LogP contribution is -2.03. The summed E-state index contributed by atoms with van der Waals surface area (Å²) in [6.45, 7) is 7.92. The second kappa shape index (κ2) is 7.47. The number of aromatic nitrogens is 2. The van der Waals surface area contributed by atoms with E-state index in [0.717, 1.165) is 35.1 Å². The Morgan fingerprint density at radius 1 is 0.952 bits per heavy atom. The van der Waals surface area contributed by atoms with Gasteiger partial charge in [0.2, 0.25) is 0 Å². The fraction of sp³-hybridized carbons (Fsp3) is 0.375. The summed E-state index contributed by atoms with van der Waals surface area (Å²) >= 11 is 0. The van der Waals surface area contributed by atoms with Crippen molar-refractivity contribution >= 4 is 5.82 Å². The van der Waals surface area contributed by atoms with Gasteiger partial charge in [0, 0.05) is 24.5 Å². The van der Waals surface area contributed by atoms with Crippen LogP contribution in [0.5, 0.6) is 11.5 Å². The highest BCUT2D eigenvalue weighted by Gasteiger charge is 2.11. The van der Waals surface area contributed by atoms with Crippen LogP contribution < -0.4 is 14.8 Å². The Morgan fingerprint density at radius 3 is 2.38 bits per heavy atom. The molecule has 0 aliphatic rings. The van der Waals surface area contributed by atoms with Crippen molar-refractivity contribution in [3.63, 3.8) is 0 Å². The summed E-state index contributed by atoms with van der Waals surface area (Å²) in [5.74, 6) is 2.24. The Morgan fingerprint density at radius 2 is 1.67 bits per heavy atom. The number of nitrogens with one attached hydrogen (secondary N) is 1. The van der Waals surface area contributed by atoms with Gasteiger partial charge in [-0.2, -0.15) is 0 Å². The minimum absolute atomic E-state index is 0.587. The van der Waals surface area contributed by atoms with Crippen LogP contribution in [0, 0.1) is 0 Å². The molecule has 2 rings (SSSR count). The Balaban J connectivity index is 2.42. The molecule has 1 N–H and O–H groups in total. The van der Waals surface area contributed by atoms with Crippen molar-refractivity contribution in [2.24, 2.45) is 0 Å². The summed E-state index contributed by atoms with van der Waals surface area (Å²) in [4.78, 5) is 8.76. The van der Waals surface area contributed by atoms with Gasteiger partial charge in [-0.05, 0) is 39.0 Å². The Labute approximate surface area is 125 Å². The van der Waals surface area contributed by atoms with Gasteiger partial charge in [0.1, 0.15) is 5.69 Å². The average Bonchev–Trinajstić information content (AvgIpc) is 2.50. The van der Waals surface area contributed by atoms with Gasteiger partial charge in [-0.3, -0.25) is 4.98 Å². The molecule has 0 fully saturated rings. The molecule has 0 saturated carbocycles. The van der Waals surface area contributed by atoms with Gasteiger partial charge in [0.05, 0.1) is 13.2 Å². The molecule has 5 heteroatoms. The minimum atomic E-state index is 0.587. The second-order valence-corrected chi connectivity index (χ2v) is 4.31. The molecule has 0 saturated heterocycles. The number of rotatable bonds is 7. The van der Waals surface area contributed by atoms with E-state index in [0.29, 0.717) is 13.2 Å². The van der Waals surface area contributed by atoms with Crippen LogP contribution in [0.25, 0.3) is 11.3 Å². The van der Waals surface area contributed by atoms with Crippen LogP contribution in [0.1, 0.15) is 20.8 Å². The Bertz CT molecular complexity index is 587. The van der Waals surface area contributed by atoms with Crippen LogP contribution >= 0.6 is 0 Å². The van der Waals surface area contributed by atoms with Crippen molar-refractivity contribution in [1.82, 2.24) is 9.97 Å². The van der Waals surface area contributed by atoms with Gasteiger partial charge < -0.3 is 14.8 Å². The minimum Gasteiger partial charge on any atom is -0.490 e. The van der Waals surface area contributed by atoms with E-state index >= 15 is 0 Å². The maximum absolute atomic E-state index is 5.66. The van der Waals surface area contributed by atoms with E-state index in [9.17, 15) is 0 Å². The van der Waals surface area contributed by atoms with E-state index in [-0.39, 0.29) is 0 Å². The smallest absolute Gasteiger partial charge is 0.161 e. The molecular weight excluding hydrogens is 266 g/mol. The van der Waals surface area contributed by atoms with Crippen molar-refractivity contribution in [2.45, 2.75) is 20.8 Å². The van der Waals surface area contributed by atoms with E-state index in [1.165, 1.54) is 0 Å². The third kappa shape index (κ3) is 3.62. The van der Waals surface area contributed by atoms with Gasteiger partial charge >= 0.3 is 0 Å². The summed E-state index contributed by atoms with van der Waals surface area (Å²) < 4.78 is 11.2. The van der Waals surface area contributed by atoms with Crippen LogP contribution in [0.15, 0.2) is 30.6 Å². The number of nitrogens with zero attached hydrogens (tertiary/aromatic N) is 2. The normalized spacial score (nSPS) is 10.2. The number of hydrogen-bond donors (Lipinski definition) is 1. The van der Waals surface area contributed by atoms with Crippen molar-refractivity contribution in [3.8, 4) is 22.8 Å². The van der Waals surface area contributed by atoms with Crippen LogP contribution in [0.4, 0.5) is 5.82 Å². The fourth-order valence-electron chi connectivity index (χ4n) is 2.04. The predicted molar refractivity (Wildman–Crippen MR) is 84.0 cm³/mol. The first-order valence-electron chi connectivity index (χ1n) is 7.25. The fourth-order valence-corrected chi connectivity index (χ4v) is 2.04. The highest BCUT2D eigenvalue weighted by atomic mass is 16.5. The molecule has 2 aromatic rings. The van der Waals surface area contributed by atoms with E-state index in [1.807, 2.05) is 39.0 Å². The second-order valence-electron chi connectivity index (χ2n) is 4.31. The SMILES string of the molecule is CCNc1nccnc1-c1ccc(OCC)c(OCC)c1. The van der Waals surface area contributed by atoms with Crippen LogP contribution in [0.3, 0.4) is 0 Å². The molecule has 0 amide bonds. The summed E-state index contributed by atoms with van der Waals surface area (Å²) in [5, 5.41) is 3.22. The molecule has 1 aromatic carbocycles. The van der Waals surface area contributed by atoms with Gasteiger partial charge in [-0.1, -0.05) is 0 Å². The molecule has 1 aromatic heterocycles. The van der Waals surface area contributed by atoms with Crippen molar-refractivity contribution in [2.75, 3.05) is 25.1 Å². The zero-order valence-electron chi connectivity index (χ0n) is 12.7. The highest BCUT2D eigenvalue weighted by Crippen LogP contribution is 2.34. The zero-order chi connectivity index (χ0) is 15.1. The first-order valence-corrected chi connectivity index (χ1v) is 7.25. The maximum atomic E-state index is 5.66. The monoisotopic (exact) mass is 287 g/mol. The van der Waals surface area contributed by atoms with Gasteiger partial charge in [0.15, 0.2) is 17.3 Å². The number of anilines is 1. The molecule has 0 spiro atoms. The average molecular weight is 287 g/mol. The lowest BCUT2D eigenvalue weighted by molar-refractivity contribution is 0.288. The molecule has 112 valence electrons. The molecule has 0 unspecified atom stereocenters. The van der Waals surface area contributed by atoms with E-state index < -0.39 is 0 Å². The lowest BCUT2D eigenvalue weighted by Gasteiger charge is -2.13. The standard InChI is InChI=1S/C16H21N3O2/c1-4-17-16-15(18-9-10-19-16)12-7-8-13(20-5-2)14(11-12)21-6-3/h7-11H,4-6H2,1-3H3,(H,17,19). The molecule has 5 nitrogen and oxygen atoms in total. The zero-order valence-corrected chi connectivity index (χ0v) is 12.7. The predicted octanol–water partition coefficient (Wildman–Crippen LogP) is 3.37. The highest BCUT2D eigenvalue weighted by molar-refractivity contribution is 5.73. The van der Waals surface area contributed by atoms with Gasteiger partial charge in [0.25, 0.3) is 0 Å². The molecule has 0 atom stereocenters. The number of benzene rings is 1. The van der Waals surface area contributed by atoms with Gasteiger partial charge in [-0.25, -0.2) is 4.98 Å². The lowest BCUT2D eigenvalue weighted by atomic mass is 10.1. The summed E-state index contributed by atoms with van der Waals surface area (Å²) in [6, 6.07) is 5.83. The van der Waals surface area contributed by atoms with E-state index in [1.54, 1.807) is 12.4 Å². The Kier molecular flexibility index (Phi) is 5.37. The van der Waals surface area contributed by atoms with Crippen molar-refractivity contribution in [1.29, 1.82) is 0 Å². The first-order chi connectivity index (χ1) is 10.3. The summed E-state index contributed by atoms with van der Waals surface area (Å²) in [6.07, 6.45) is 3.37. The Hall–Kier alpha value is -2.30. The van der Waals surface area contributed by atoms with Crippen molar-refractivity contribution < 1.29 is 9.47 Å². The number of ether oxygens (including phenoxy) is 2. The third-order valence-corrected chi connectivity index (χ3v) is 2.86. The molecule has 0 aliphatic carbocycles. The number of hydrogen-bond acceptors (Lipinski definition) is 5. The molecule has 1 heterocycles. The molecule has 0 aliphatic heterocycles. The molecule has 0 radical (unpaired) electrons. The quantitative estimate of drug-likeness (QED) is 0.846. The molecule has 21 heavy (non-hydrogen) atoms. The van der Waals surface area contributed by atoms with Crippen molar-refractivity contribution in [3.05, 3.63) is 30.6 Å². The summed E-state index contributed by atoms with van der Waals surface area (Å²) in [7, 11) is 0. The summed E-state index contributed by atoms with van der Waals surface area (Å²) in [5.41, 5.74) is 1.76. The van der Waals surface area contributed by atoms with Crippen LogP contribution in [-0.2, 0) is 0 Å². The molecular formula is C16H21N3O2. The van der Waals surface area contributed by atoms with E-state index in [4.69, 9.17) is 9.47 Å². The van der Waals surface area contributed by atoms with Crippen LogP contribution in [-0.4, -0.2) is 29.7 Å². The molecule has 0 bridgehead atoms. The topological polar surface area (TPSA) is 56.3 Å². The maximum Gasteiger partial charge on any atom is 0.161 e. The first kappa shape index (κ1) is 15.1. The van der Waals surface area contributed by atoms with E-state index in [2.05, 4.69) is 15.3 Å².